The van der Waals surface area contributed by atoms with E-state index in [2.05, 4.69) is 9.72 Å². The molecular weight excluding hydrogens is 404 g/mol. The molecule has 1 saturated heterocycles. The van der Waals surface area contributed by atoms with E-state index in [1.165, 1.54) is 34.8 Å². The molecule has 2 aliphatic rings. The molecule has 2 aromatic rings. The standard InChI is InChI=1S/C19H19F2N3O4S/c1-12-9-16-15(10-22-12)17(25)24-8-7-23(11-19(16,24)2)29(26,27)14-5-3-13(4-6-14)28-18(20)21/h3-6,9-10,18H,7-8,11H2,1-2H3. The van der Waals surface area contributed by atoms with E-state index in [0.29, 0.717) is 5.56 Å². The summed E-state index contributed by atoms with van der Waals surface area (Å²) in [6.07, 6.45) is 1.54. The highest BCUT2D eigenvalue weighted by Gasteiger charge is 2.51. The zero-order valence-electron chi connectivity index (χ0n) is 15.8. The molecule has 0 N–H and O–H groups in total. The van der Waals surface area contributed by atoms with Crippen molar-refractivity contribution in [2.45, 2.75) is 30.9 Å². The lowest BCUT2D eigenvalue weighted by atomic mass is 9.90. The molecule has 1 fully saturated rings. The number of fused-ring (bicyclic) bond motifs is 3. The predicted octanol–water partition coefficient (Wildman–Crippen LogP) is 2.37. The van der Waals surface area contributed by atoms with Crippen LogP contribution in [0.5, 0.6) is 5.75 Å². The van der Waals surface area contributed by atoms with Crippen molar-refractivity contribution in [3.63, 3.8) is 0 Å². The highest BCUT2D eigenvalue weighted by molar-refractivity contribution is 7.89. The van der Waals surface area contributed by atoms with Crippen LogP contribution in [0, 0.1) is 6.92 Å². The number of aryl methyl sites for hydroxylation is 1. The molecule has 2 aliphatic heterocycles. The van der Waals surface area contributed by atoms with E-state index in [4.69, 9.17) is 0 Å². The van der Waals surface area contributed by atoms with Crippen LogP contribution in [-0.4, -0.2) is 54.8 Å². The van der Waals surface area contributed by atoms with Crippen LogP contribution in [0.25, 0.3) is 0 Å². The average molecular weight is 423 g/mol. The topological polar surface area (TPSA) is 79.8 Å². The van der Waals surface area contributed by atoms with Crippen molar-refractivity contribution in [1.82, 2.24) is 14.2 Å². The summed E-state index contributed by atoms with van der Waals surface area (Å²) >= 11 is 0. The van der Waals surface area contributed by atoms with Gasteiger partial charge in [-0.3, -0.25) is 9.78 Å². The van der Waals surface area contributed by atoms with Gasteiger partial charge in [-0.1, -0.05) is 0 Å². The molecule has 1 unspecified atom stereocenters. The molecule has 0 radical (unpaired) electrons. The smallest absolute Gasteiger partial charge is 0.387 e. The monoisotopic (exact) mass is 423 g/mol. The van der Waals surface area contributed by atoms with Crippen LogP contribution in [0.3, 0.4) is 0 Å². The van der Waals surface area contributed by atoms with E-state index in [9.17, 15) is 22.0 Å². The number of hydrogen-bond acceptors (Lipinski definition) is 5. The second-order valence-corrected chi connectivity index (χ2v) is 9.23. The molecule has 0 aliphatic carbocycles. The third kappa shape index (κ3) is 3.16. The van der Waals surface area contributed by atoms with Crippen molar-refractivity contribution in [2.24, 2.45) is 0 Å². The molecule has 1 aromatic carbocycles. The molecule has 154 valence electrons. The first-order chi connectivity index (χ1) is 13.6. The SMILES string of the molecule is Cc1cc2c(cn1)C(=O)N1CCN(S(=O)(=O)c3ccc(OC(F)F)cc3)CC21C. The van der Waals surface area contributed by atoms with Crippen LogP contribution < -0.4 is 4.74 Å². The van der Waals surface area contributed by atoms with Gasteiger partial charge in [0.05, 0.1) is 16.0 Å². The van der Waals surface area contributed by atoms with Gasteiger partial charge in [-0.15, -0.1) is 0 Å². The highest BCUT2D eigenvalue weighted by Crippen LogP contribution is 2.42. The molecule has 29 heavy (non-hydrogen) atoms. The lowest BCUT2D eigenvalue weighted by molar-refractivity contribution is -0.0498. The number of carbonyl (C=O) groups excluding carboxylic acids is 1. The van der Waals surface area contributed by atoms with E-state index >= 15 is 0 Å². The Morgan fingerprint density at radius 1 is 1.21 bits per heavy atom. The lowest BCUT2D eigenvalue weighted by Gasteiger charge is -2.44. The first-order valence-electron chi connectivity index (χ1n) is 8.97. The van der Waals surface area contributed by atoms with Crippen LogP contribution in [0.4, 0.5) is 8.78 Å². The van der Waals surface area contributed by atoms with Crippen molar-refractivity contribution < 1.29 is 26.7 Å². The normalized spacial score (nSPS) is 22.0. The molecule has 0 bridgehead atoms. The first-order valence-corrected chi connectivity index (χ1v) is 10.4. The fourth-order valence-corrected chi connectivity index (χ4v) is 5.51. The summed E-state index contributed by atoms with van der Waals surface area (Å²) in [5.74, 6) is -0.269. The summed E-state index contributed by atoms with van der Waals surface area (Å²) in [6, 6.07) is 6.69. The Bertz CT molecular complexity index is 1080. The second kappa shape index (κ2) is 6.74. The maximum atomic E-state index is 13.1. The number of amides is 1. The van der Waals surface area contributed by atoms with Crippen molar-refractivity contribution in [1.29, 1.82) is 0 Å². The third-order valence-electron chi connectivity index (χ3n) is 5.44. The third-order valence-corrected chi connectivity index (χ3v) is 7.30. The molecule has 1 aromatic heterocycles. The number of aromatic nitrogens is 1. The number of alkyl halides is 2. The largest absolute Gasteiger partial charge is 0.435 e. The molecule has 0 spiro atoms. The Hall–Kier alpha value is -2.59. The molecule has 4 rings (SSSR count). The number of carbonyl (C=O) groups is 1. The van der Waals surface area contributed by atoms with Gasteiger partial charge >= 0.3 is 6.61 Å². The number of pyridine rings is 1. The van der Waals surface area contributed by atoms with Gasteiger partial charge in [0.15, 0.2) is 0 Å². The number of rotatable bonds is 4. The molecule has 10 heteroatoms. The Labute approximate surface area is 167 Å². The van der Waals surface area contributed by atoms with Crippen LogP contribution in [0.15, 0.2) is 41.4 Å². The Balaban J connectivity index is 1.65. The fourth-order valence-electron chi connectivity index (χ4n) is 3.99. The van der Waals surface area contributed by atoms with Crippen LogP contribution in [0.1, 0.15) is 28.5 Å². The Kier molecular flexibility index (Phi) is 4.58. The van der Waals surface area contributed by atoms with Crippen molar-refractivity contribution >= 4 is 15.9 Å². The minimum atomic E-state index is -3.88. The number of nitrogens with zero attached hydrogens (tertiary/aromatic N) is 3. The summed E-state index contributed by atoms with van der Waals surface area (Å²) in [6.45, 7) is 1.15. The molecular formula is C19H19F2N3O4S. The van der Waals surface area contributed by atoms with Gasteiger partial charge in [-0.25, -0.2) is 8.42 Å². The van der Waals surface area contributed by atoms with Gasteiger partial charge in [-0.2, -0.15) is 13.1 Å². The van der Waals surface area contributed by atoms with Crippen LogP contribution >= 0.6 is 0 Å². The van der Waals surface area contributed by atoms with E-state index in [-0.39, 0.29) is 36.2 Å². The van der Waals surface area contributed by atoms with Gasteiger partial charge in [-0.05, 0) is 49.7 Å². The molecule has 1 atom stereocenters. The quantitative estimate of drug-likeness (QED) is 0.754. The predicted molar refractivity (Wildman–Crippen MR) is 99.2 cm³/mol. The highest BCUT2D eigenvalue weighted by atomic mass is 32.2. The molecule has 3 heterocycles. The number of piperazine rings is 1. The van der Waals surface area contributed by atoms with E-state index in [0.717, 1.165) is 11.3 Å². The maximum absolute atomic E-state index is 13.1. The van der Waals surface area contributed by atoms with Gasteiger partial charge in [0.2, 0.25) is 10.0 Å². The van der Waals surface area contributed by atoms with Crippen LogP contribution in [0.2, 0.25) is 0 Å². The van der Waals surface area contributed by atoms with Crippen molar-refractivity contribution in [3.8, 4) is 5.75 Å². The molecule has 1 amide bonds. The van der Waals surface area contributed by atoms with Gasteiger partial charge in [0, 0.05) is 31.5 Å². The number of halogens is 2. The lowest BCUT2D eigenvalue weighted by Crippen LogP contribution is -2.58. The van der Waals surface area contributed by atoms with E-state index < -0.39 is 22.2 Å². The van der Waals surface area contributed by atoms with Gasteiger partial charge in [0.1, 0.15) is 5.75 Å². The summed E-state index contributed by atoms with van der Waals surface area (Å²) in [7, 11) is -3.88. The minimum Gasteiger partial charge on any atom is -0.435 e. The fraction of sp³-hybridized carbons (Fsp3) is 0.368. The Morgan fingerprint density at radius 3 is 2.55 bits per heavy atom. The van der Waals surface area contributed by atoms with Crippen LogP contribution in [-0.2, 0) is 15.6 Å². The summed E-state index contributed by atoms with van der Waals surface area (Å²) < 4.78 is 56.5. The van der Waals surface area contributed by atoms with Crippen molar-refractivity contribution in [2.75, 3.05) is 19.6 Å². The van der Waals surface area contributed by atoms with Crippen molar-refractivity contribution in [3.05, 3.63) is 53.3 Å². The number of benzene rings is 1. The average Bonchev–Trinajstić information content (AvgIpc) is 2.88. The number of sulfonamides is 1. The number of hydrogen-bond donors (Lipinski definition) is 0. The maximum Gasteiger partial charge on any atom is 0.387 e. The van der Waals surface area contributed by atoms with Gasteiger partial charge < -0.3 is 9.64 Å². The van der Waals surface area contributed by atoms with E-state index in [1.807, 2.05) is 19.9 Å². The molecule has 7 nitrogen and oxygen atoms in total. The summed E-state index contributed by atoms with van der Waals surface area (Å²) in [4.78, 5) is 18.6. The van der Waals surface area contributed by atoms with E-state index in [1.54, 1.807) is 4.90 Å². The minimum absolute atomic E-state index is 0.0216. The zero-order valence-corrected chi connectivity index (χ0v) is 16.6. The second-order valence-electron chi connectivity index (χ2n) is 7.29. The zero-order chi connectivity index (χ0) is 21.0. The van der Waals surface area contributed by atoms with Gasteiger partial charge in [0.25, 0.3) is 5.91 Å². The summed E-state index contributed by atoms with van der Waals surface area (Å²) in [5, 5.41) is 0. The first kappa shape index (κ1) is 19.7. The molecule has 0 saturated carbocycles. The number of ether oxygens (including phenoxy) is 1. The Morgan fingerprint density at radius 2 is 1.90 bits per heavy atom. The summed E-state index contributed by atoms with van der Waals surface area (Å²) in [5.41, 5.74) is 1.19.